The highest BCUT2D eigenvalue weighted by atomic mass is 32.1. The average Bonchev–Trinajstić information content (AvgIpc) is 3.68. The van der Waals surface area contributed by atoms with Gasteiger partial charge >= 0.3 is 0 Å². The van der Waals surface area contributed by atoms with Gasteiger partial charge in [0.25, 0.3) is 6.71 Å². The maximum atomic E-state index is 2.70. The smallest absolute Gasteiger partial charge is 0.264 e. The van der Waals surface area contributed by atoms with Gasteiger partial charge in [-0.25, -0.2) is 0 Å². The molecule has 0 spiro atoms. The van der Waals surface area contributed by atoms with Gasteiger partial charge in [0.15, 0.2) is 0 Å². The highest BCUT2D eigenvalue weighted by Crippen LogP contribution is 2.54. The molecule has 1 aromatic heterocycles. The van der Waals surface area contributed by atoms with Crippen molar-refractivity contribution in [2.45, 2.75) is 137 Å². The van der Waals surface area contributed by atoms with Crippen molar-refractivity contribution in [1.82, 2.24) is 0 Å². The molecule has 0 fully saturated rings. The van der Waals surface area contributed by atoms with Crippen LogP contribution in [0.2, 0.25) is 0 Å². The number of hydrogen-bond donors (Lipinski definition) is 0. The average molecular weight is 921 g/mol. The van der Waals surface area contributed by atoms with E-state index in [1.54, 1.807) is 0 Å². The third-order valence-corrected chi connectivity index (χ3v) is 17.3. The largest absolute Gasteiger partial charge is 0.311 e. The van der Waals surface area contributed by atoms with E-state index in [2.05, 4.69) is 246 Å². The van der Waals surface area contributed by atoms with Gasteiger partial charge in [0, 0.05) is 43.2 Å². The summed E-state index contributed by atoms with van der Waals surface area (Å²) in [6.07, 6.45) is 2.35. The number of thiophene rings is 1. The number of fused-ring (bicyclic) bond motifs is 7. The van der Waals surface area contributed by atoms with Crippen LogP contribution in [0.15, 0.2) is 140 Å². The minimum atomic E-state index is -0.0578. The van der Waals surface area contributed by atoms with Gasteiger partial charge in [-0.05, 0) is 156 Å². The van der Waals surface area contributed by atoms with E-state index < -0.39 is 0 Å². The van der Waals surface area contributed by atoms with Gasteiger partial charge in [-0.2, -0.15) is 0 Å². The van der Waals surface area contributed by atoms with E-state index >= 15 is 0 Å². The predicted octanol–water partition coefficient (Wildman–Crippen LogP) is 16.9. The zero-order valence-corrected chi connectivity index (χ0v) is 44.4. The van der Waals surface area contributed by atoms with E-state index in [1.807, 2.05) is 11.3 Å². The maximum absolute atomic E-state index is 2.70. The molecule has 348 valence electrons. The highest BCUT2D eigenvalue weighted by Gasteiger charge is 2.47. The van der Waals surface area contributed by atoms with Crippen LogP contribution in [0.4, 0.5) is 34.1 Å². The quantitative estimate of drug-likeness (QED) is 0.162. The number of aryl methyl sites for hydroxylation is 1. The molecule has 2 aliphatic heterocycles. The van der Waals surface area contributed by atoms with Crippen LogP contribution in [-0.4, -0.2) is 6.71 Å². The number of nitrogens with zero attached hydrogens (tertiary/aromatic N) is 2. The fourth-order valence-electron chi connectivity index (χ4n) is 11.8. The van der Waals surface area contributed by atoms with Crippen LogP contribution in [0.25, 0.3) is 32.3 Å². The summed E-state index contributed by atoms with van der Waals surface area (Å²) >= 11 is 2.01. The molecule has 11 rings (SSSR count). The Balaban J connectivity index is 1.31. The van der Waals surface area contributed by atoms with Gasteiger partial charge < -0.3 is 9.80 Å². The van der Waals surface area contributed by atoms with E-state index in [4.69, 9.17) is 0 Å². The summed E-state index contributed by atoms with van der Waals surface area (Å²) in [6.45, 7) is 33.2. The number of anilines is 6. The first-order valence-corrected chi connectivity index (χ1v) is 26.2. The standard InChI is InChI=1S/C65H69BN2S/c1-40-20-18-19-23-47(40)42-34-55-58-56(35-42)68(53-31-26-43(61(2,3)4)36-49(53)41-21-16-15-17-22-41)54-37-44(62(5,6)7)25-30-52(54)66(58)60-59(48-28-24-45(63(8,9)10)38-57(48)69-60)67(55)46-27-29-50-51(39-46)65(13,14)33-32-64(50,11)12/h15-31,34-39H,32-33H2,1-14H3. The zero-order valence-electron chi connectivity index (χ0n) is 43.6. The van der Waals surface area contributed by atoms with Crippen molar-refractivity contribution in [3.63, 3.8) is 0 Å². The third kappa shape index (κ3) is 7.42. The highest BCUT2D eigenvalue weighted by molar-refractivity contribution is 7.33. The predicted molar refractivity (Wildman–Crippen MR) is 303 cm³/mol. The second-order valence-electron chi connectivity index (χ2n) is 25.0. The van der Waals surface area contributed by atoms with Crippen molar-refractivity contribution in [3.05, 3.63) is 173 Å². The second-order valence-corrected chi connectivity index (χ2v) is 26.1. The summed E-state index contributed by atoms with van der Waals surface area (Å²) in [5.41, 5.74) is 23.6. The monoisotopic (exact) mass is 921 g/mol. The van der Waals surface area contributed by atoms with Crippen LogP contribution in [0.3, 0.4) is 0 Å². The molecule has 7 aromatic carbocycles. The van der Waals surface area contributed by atoms with E-state index in [9.17, 15) is 0 Å². The lowest BCUT2D eigenvalue weighted by Gasteiger charge is -2.45. The topological polar surface area (TPSA) is 6.48 Å². The fourth-order valence-corrected chi connectivity index (χ4v) is 13.1. The Hall–Kier alpha value is -5.84. The number of hydrogen-bond acceptors (Lipinski definition) is 3. The SMILES string of the molecule is Cc1ccccc1-c1cc2c3c(c1)N(c1ccc4c(c1)C(C)(C)CCC4(C)C)c1c(sc4cc(C(C)(C)C)ccc14)B3c1ccc(C(C)(C)C)cc1N2c1ccc(C(C)(C)C)cc1-c1ccccc1. The van der Waals surface area contributed by atoms with Crippen molar-refractivity contribution in [2.24, 2.45) is 0 Å². The summed E-state index contributed by atoms with van der Waals surface area (Å²) in [4.78, 5) is 5.37. The Labute approximate surface area is 417 Å². The molecule has 2 nitrogen and oxygen atoms in total. The molecule has 3 aliphatic rings. The van der Waals surface area contributed by atoms with Crippen LogP contribution in [0.1, 0.15) is 136 Å². The molecule has 1 aliphatic carbocycles. The minimum absolute atomic E-state index is 0.0185. The van der Waals surface area contributed by atoms with Crippen molar-refractivity contribution in [2.75, 3.05) is 9.80 Å². The van der Waals surface area contributed by atoms with Crippen LogP contribution in [0, 0.1) is 6.92 Å². The lowest BCUT2D eigenvalue weighted by atomic mass is 9.36. The molecule has 4 heteroatoms. The molecule has 0 unspecified atom stereocenters. The Bertz CT molecular complexity index is 3360. The second kappa shape index (κ2) is 15.6. The summed E-state index contributed by atoms with van der Waals surface area (Å²) < 4.78 is 2.77. The summed E-state index contributed by atoms with van der Waals surface area (Å²) in [7, 11) is 0. The molecular formula is C65H69BN2S. The Morgan fingerprint density at radius 3 is 1.77 bits per heavy atom. The molecule has 69 heavy (non-hydrogen) atoms. The van der Waals surface area contributed by atoms with Crippen molar-refractivity contribution in [1.29, 1.82) is 0 Å². The first-order valence-electron chi connectivity index (χ1n) is 25.4. The molecule has 0 N–H and O–H groups in total. The van der Waals surface area contributed by atoms with E-state index in [1.165, 1.54) is 128 Å². The van der Waals surface area contributed by atoms with Crippen LogP contribution >= 0.6 is 11.3 Å². The Morgan fingerprint density at radius 1 is 0.493 bits per heavy atom. The molecular weight excluding hydrogens is 852 g/mol. The lowest BCUT2D eigenvalue weighted by molar-refractivity contribution is 0.332. The molecule has 3 heterocycles. The minimum Gasteiger partial charge on any atom is -0.311 e. The normalized spacial score (nSPS) is 16.0. The molecule has 0 atom stereocenters. The molecule has 0 saturated heterocycles. The third-order valence-electron chi connectivity index (χ3n) is 16.1. The molecule has 0 bridgehead atoms. The van der Waals surface area contributed by atoms with E-state index in [-0.39, 0.29) is 33.8 Å². The van der Waals surface area contributed by atoms with Gasteiger partial charge in [-0.1, -0.05) is 181 Å². The first kappa shape index (κ1) is 45.6. The van der Waals surface area contributed by atoms with Crippen molar-refractivity contribution >= 4 is 78.0 Å². The van der Waals surface area contributed by atoms with E-state index in [0.29, 0.717) is 0 Å². The van der Waals surface area contributed by atoms with E-state index in [0.717, 1.165) is 0 Å². The van der Waals surface area contributed by atoms with Gasteiger partial charge in [0.1, 0.15) is 0 Å². The van der Waals surface area contributed by atoms with Crippen molar-refractivity contribution < 1.29 is 0 Å². The number of rotatable bonds is 4. The Morgan fingerprint density at radius 2 is 1.09 bits per heavy atom. The summed E-state index contributed by atoms with van der Waals surface area (Å²) in [6, 6.07) is 54.8. The lowest BCUT2D eigenvalue weighted by Crippen LogP contribution is -2.60. The summed E-state index contributed by atoms with van der Waals surface area (Å²) in [5.74, 6) is 0. The van der Waals surface area contributed by atoms with Gasteiger partial charge in [-0.3, -0.25) is 0 Å². The fraction of sp³-hybridized carbons (Fsp3) is 0.323. The van der Waals surface area contributed by atoms with Crippen LogP contribution in [-0.2, 0) is 27.1 Å². The molecule has 8 aromatic rings. The molecule has 0 saturated carbocycles. The maximum Gasteiger partial charge on any atom is 0.264 e. The van der Waals surface area contributed by atoms with Gasteiger partial charge in [0.05, 0.1) is 11.4 Å². The van der Waals surface area contributed by atoms with Crippen molar-refractivity contribution in [3.8, 4) is 22.3 Å². The zero-order chi connectivity index (χ0) is 48.7. The van der Waals surface area contributed by atoms with Gasteiger partial charge in [0.2, 0.25) is 0 Å². The van der Waals surface area contributed by atoms with Crippen LogP contribution < -0.4 is 25.5 Å². The first-order chi connectivity index (χ1) is 32.5. The Kier molecular flexibility index (Phi) is 10.3. The summed E-state index contributed by atoms with van der Waals surface area (Å²) in [5, 5.41) is 1.33. The molecule has 0 amide bonds. The van der Waals surface area contributed by atoms with Crippen LogP contribution in [0.5, 0.6) is 0 Å². The number of benzene rings is 7. The van der Waals surface area contributed by atoms with Gasteiger partial charge in [-0.15, -0.1) is 11.3 Å². The molecule has 0 radical (unpaired) electrons.